The fraction of sp³-hybridized carbons (Fsp3) is 0.154. The summed E-state index contributed by atoms with van der Waals surface area (Å²) < 4.78 is 4.94. The third-order valence-electron chi connectivity index (χ3n) is 2.83. The van der Waals surface area contributed by atoms with E-state index in [1.165, 1.54) is 6.33 Å². The van der Waals surface area contributed by atoms with Crippen LogP contribution < -0.4 is 11.1 Å². The molecule has 0 aliphatic carbocycles. The molecule has 3 aromatic rings. The van der Waals surface area contributed by atoms with E-state index in [1.807, 2.05) is 24.3 Å². The van der Waals surface area contributed by atoms with Crippen molar-refractivity contribution in [3.63, 3.8) is 0 Å². The van der Waals surface area contributed by atoms with E-state index in [0.717, 1.165) is 16.6 Å². The van der Waals surface area contributed by atoms with Gasteiger partial charge in [-0.3, -0.25) is 4.98 Å². The van der Waals surface area contributed by atoms with Crippen LogP contribution in [0.15, 0.2) is 41.3 Å². The molecule has 0 saturated carbocycles. The lowest BCUT2D eigenvalue weighted by atomic mass is 10.1. The highest BCUT2D eigenvalue weighted by Crippen LogP contribution is 2.23. The Bertz CT molecular complexity index is 681. The minimum atomic E-state index is 0.620. The second kappa shape index (κ2) is 4.93. The van der Waals surface area contributed by atoms with Gasteiger partial charge in [0.15, 0.2) is 6.33 Å². The lowest BCUT2D eigenvalue weighted by Crippen LogP contribution is -2.05. The second-order valence-electron chi connectivity index (χ2n) is 4.15. The first kappa shape index (κ1) is 11.5. The van der Waals surface area contributed by atoms with Gasteiger partial charge in [-0.1, -0.05) is 5.16 Å². The smallest absolute Gasteiger partial charge is 0.228 e. The maximum atomic E-state index is 5.75. The monoisotopic (exact) mass is 255 g/mol. The second-order valence-corrected chi connectivity index (χ2v) is 4.15. The zero-order valence-corrected chi connectivity index (χ0v) is 10.2. The third kappa shape index (κ3) is 2.47. The summed E-state index contributed by atoms with van der Waals surface area (Å²) in [6.07, 6.45) is 3.84. The number of nitrogens with zero attached hydrogens (tertiary/aromatic N) is 3. The molecule has 0 fully saturated rings. The van der Waals surface area contributed by atoms with Crippen LogP contribution in [-0.4, -0.2) is 21.7 Å². The van der Waals surface area contributed by atoms with Crippen molar-refractivity contribution in [1.29, 1.82) is 0 Å². The van der Waals surface area contributed by atoms with E-state index < -0.39 is 0 Å². The molecule has 1 aromatic carbocycles. The normalized spacial score (nSPS) is 10.7. The van der Waals surface area contributed by atoms with Gasteiger partial charge in [-0.05, 0) is 24.3 Å². The summed E-state index contributed by atoms with van der Waals surface area (Å²) in [6, 6.07) is 7.63. The van der Waals surface area contributed by atoms with E-state index in [9.17, 15) is 0 Å². The van der Waals surface area contributed by atoms with Crippen LogP contribution in [0, 0.1) is 0 Å². The number of nitrogen functional groups attached to an aromatic ring is 1. The van der Waals surface area contributed by atoms with Gasteiger partial charge in [-0.25, -0.2) is 0 Å². The van der Waals surface area contributed by atoms with Crippen molar-refractivity contribution in [3.8, 4) is 0 Å². The van der Waals surface area contributed by atoms with Crippen LogP contribution in [0.3, 0.4) is 0 Å². The molecule has 0 spiro atoms. The largest absolute Gasteiger partial charge is 0.399 e. The zero-order chi connectivity index (χ0) is 13.1. The number of hydrogen-bond donors (Lipinski definition) is 2. The molecular formula is C13H13N5O. The summed E-state index contributed by atoms with van der Waals surface area (Å²) in [5, 5.41) is 7.95. The van der Waals surface area contributed by atoms with Crippen LogP contribution in [0.2, 0.25) is 0 Å². The number of rotatable bonds is 4. The Morgan fingerprint density at radius 1 is 1.21 bits per heavy atom. The van der Waals surface area contributed by atoms with Gasteiger partial charge in [0.25, 0.3) is 0 Å². The Morgan fingerprint density at radius 2 is 2.16 bits per heavy atom. The topological polar surface area (TPSA) is 89.9 Å². The van der Waals surface area contributed by atoms with Crippen LogP contribution >= 0.6 is 0 Å². The quantitative estimate of drug-likeness (QED) is 0.691. The standard InChI is InChI=1S/C13H13N5O/c14-9-1-2-10-11(3-5-16-12(10)7-9)15-6-4-13-17-8-18-19-13/h1-3,5,7-8H,4,6,14H2,(H,15,16). The van der Waals surface area contributed by atoms with Crippen molar-refractivity contribution in [2.45, 2.75) is 6.42 Å². The number of anilines is 2. The number of fused-ring (bicyclic) bond motifs is 1. The molecule has 0 aliphatic rings. The molecule has 0 unspecified atom stereocenters. The average molecular weight is 255 g/mol. The average Bonchev–Trinajstić information content (AvgIpc) is 2.92. The molecule has 0 aliphatic heterocycles. The molecule has 3 rings (SSSR count). The molecule has 2 heterocycles. The van der Waals surface area contributed by atoms with E-state index in [4.69, 9.17) is 10.3 Å². The van der Waals surface area contributed by atoms with E-state index in [1.54, 1.807) is 6.20 Å². The van der Waals surface area contributed by atoms with Crippen LogP contribution in [0.25, 0.3) is 10.9 Å². The molecule has 3 N–H and O–H groups in total. The fourth-order valence-electron chi connectivity index (χ4n) is 1.93. The van der Waals surface area contributed by atoms with Gasteiger partial charge < -0.3 is 15.6 Å². The third-order valence-corrected chi connectivity index (χ3v) is 2.83. The number of pyridine rings is 1. The maximum Gasteiger partial charge on any atom is 0.228 e. The summed E-state index contributed by atoms with van der Waals surface area (Å²) in [6.45, 7) is 0.714. The SMILES string of the molecule is Nc1ccc2c(NCCc3ncno3)ccnc2c1. The number of aromatic nitrogens is 3. The van der Waals surface area contributed by atoms with E-state index in [2.05, 4.69) is 20.4 Å². The predicted molar refractivity (Wildman–Crippen MR) is 72.6 cm³/mol. The Kier molecular flexibility index (Phi) is 2.97. The first-order chi connectivity index (χ1) is 9.33. The number of benzene rings is 1. The molecule has 0 amide bonds. The summed E-state index contributed by atoms with van der Waals surface area (Å²) in [5.74, 6) is 0.620. The van der Waals surface area contributed by atoms with Crippen molar-refractivity contribution in [2.75, 3.05) is 17.6 Å². The van der Waals surface area contributed by atoms with Crippen molar-refractivity contribution >= 4 is 22.3 Å². The first-order valence-electron chi connectivity index (χ1n) is 5.96. The Balaban J connectivity index is 1.77. The minimum absolute atomic E-state index is 0.620. The van der Waals surface area contributed by atoms with Crippen molar-refractivity contribution < 1.29 is 4.52 Å². The highest BCUT2D eigenvalue weighted by molar-refractivity contribution is 5.92. The van der Waals surface area contributed by atoms with E-state index in [-0.39, 0.29) is 0 Å². The molecule has 0 radical (unpaired) electrons. The highest BCUT2D eigenvalue weighted by atomic mass is 16.5. The van der Waals surface area contributed by atoms with Gasteiger partial charge >= 0.3 is 0 Å². The molecule has 6 heteroatoms. The van der Waals surface area contributed by atoms with Crippen molar-refractivity contribution in [3.05, 3.63) is 42.7 Å². The highest BCUT2D eigenvalue weighted by Gasteiger charge is 2.03. The number of nitrogens with two attached hydrogens (primary N) is 1. The van der Waals surface area contributed by atoms with Crippen molar-refractivity contribution in [2.24, 2.45) is 0 Å². The summed E-state index contributed by atoms with van der Waals surface area (Å²) in [7, 11) is 0. The molecular weight excluding hydrogens is 242 g/mol. The summed E-state index contributed by atoms with van der Waals surface area (Å²) >= 11 is 0. The molecule has 0 atom stereocenters. The molecule has 19 heavy (non-hydrogen) atoms. The van der Waals surface area contributed by atoms with Crippen LogP contribution in [0.5, 0.6) is 0 Å². The first-order valence-corrected chi connectivity index (χ1v) is 5.96. The predicted octanol–water partition coefficient (Wildman–Crippen LogP) is 1.85. The van der Waals surface area contributed by atoms with Gasteiger partial charge in [-0.2, -0.15) is 4.98 Å². The minimum Gasteiger partial charge on any atom is -0.399 e. The Labute approximate surface area is 109 Å². The van der Waals surface area contributed by atoms with Gasteiger partial charge in [0.2, 0.25) is 5.89 Å². The van der Waals surface area contributed by atoms with Gasteiger partial charge in [0.05, 0.1) is 5.52 Å². The molecule has 6 nitrogen and oxygen atoms in total. The van der Waals surface area contributed by atoms with Crippen molar-refractivity contribution in [1.82, 2.24) is 15.1 Å². The summed E-state index contributed by atoms with van der Waals surface area (Å²) in [4.78, 5) is 8.27. The lowest BCUT2D eigenvalue weighted by molar-refractivity contribution is 0.380. The lowest BCUT2D eigenvalue weighted by Gasteiger charge is -2.08. The zero-order valence-electron chi connectivity index (χ0n) is 10.2. The van der Waals surface area contributed by atoms with Gasteiger partial charge in [-0.15, -0.1) is 0 Å². The van der Waals surface area contributed by atoms with E-state index in [0.29, 0.717) is 24.5 Å². The van der Waals surface area contributed by atoms with E-state index >= 15 is 0 Å². The van der Waals surface area contributed by atoms with Crippen LogP contribution in [-0.2, 0) is 6.42 Å². The molecule has 0 bridgehead atoms. The maximum absolute atomic E-state index is 5.75. The molecule has 96 valence electrons. The van der Waals surface area contributed by atoms with Crippen LogP contribution in [0.1, 0.15) is 5.89 Å². The Morgan fingerprint density at radius 3 is 3.00 bits per heavy atom. The number of hydrogen-bond acceptors (Lipinski definition) is 6. The Hall–Kier alpha value is -2.63. The van der Waals surface area contributed by atoms with Gasteiger partial charge in [0.1, 0.15) is 0 Å². The summed E-state index contributed by atoms with van der Waals surface area (Å²) in [5.41, 5.74) is 8.36. The fourth-order valence-corrected chi connectivity index (χ4v) is 1.93. The molecule has 2 aromatic heterocycles. The van der Waals surface area contributed by atoms with Crippen LogP contribution in [0.4, 0.5) is 11.4 Å². The number of nitrogens with one attached hydrogen (secondary N) is 1. The molecule has 0 saturated heterocycles. The van der Waals surface area contributed by atoms with Gasteiger partial charge in [0, 0.05) is 35.9 Å².